The summed E-state index contributed by atoms with van der Waals surface area (Å²) < 4.78 is 5.24. The number of para-hydroxylation sites is 1. The Labute approximate surface area is 130 Å². The van der Waals surface area contributed by atoms with Gasteiger partial charge in [-0.15, -0.1) is 0 Å². The topological polar surface area (TPSA) is 58.6 Å². The van der Waals surface area contributed by atoms with E-state index in [0.717, 1.165) is 5.56 Å². The van der Waals surface area contributed by atoms with Gasteiger partial charge in [-0.25, -0.2) is 4.79 Å². The minimum absolute atomic E-state index is 0.123. The number of hydrogen-bond acceptors (Lipinski definition) is 3. The van der Waals surface area contributed by atoms with Crippen molar-refractivity contribution in [3.05, 3.63) is 65.7 Å². The molecule has 0 radical (unpaired) electrons. The summed E-state index contributed by atoms with van der Waals surface area (Å²) in [4.78, 5) is 12.0. The van der Waals surface area contributed by atoms with Gasteiger partial charge in [0.05, 0.1) is 6.04 Å². The van der Waals surface area contributed by atoms with E-state index in [1.165, 1.54) is 0 Å². The van der Waals surface area contributed by atoms with Gasteiger partial charge in [0.1, 0.15) is 12.4 Å². The lowest BCUT2D eigenvalue weighted by molar-refractivity contribution is 0.132. The molecular weight excluding hydrogens is 278 g/mol. The molecule has 0 heterocycles. The molecule has 0 aliphatic carbocycles. The van der Waals surface area contributed by atoms with Gasteiger partial charge >= 0.3 is 6.09 Å². The highest BCUT2D eigenvalue weighted by atomic mass is 16.5. The van der Waals surface area contributed by atoms with E-state index in [9.17, 15) is 9.90 Å². The second-order valence-electron chi connectivity index (χ2n) is 5.49. The summed E-state index contributed by atoms with van der Waals surface area (Å²) in [6, 6.07) is 16.2. The van der Waals surface area contributed by atoms with Gasteiger partial charge in [-0.05, 0) is 17.5 Å². The van der Waals surface area contributed by atoms with Crippen LogP contribution in [0.4, 0.5) is 4.79 Å². The zero-order valence-electron chi connectivity index (χ0n) is 12.8. The number of alkyl carbamates (subject to hydrolysis) is 1. The van der Waals surface area contributed by atoms with Crippen LogP contribution < -0.4 is 5.32 Å². The average molecular weight is 299 g/mol. The van der Waals surface area contributed by atoms with Crippen molar-refractivity contribution in [2.24, 2.45) is 5.92 Å². The van der Waals surface area contributed by atoms with Crippen molar-refractivity contribution < 1.29 is 14.6 Å². The summed E-state index contributed by atoms with van der Waals surface area (Å²) in [6.45, 7) is 4.18. The molecule has 4 heteroatoms. The number of nitrogens with one attached hydrogen (secondary N) is 1. The molecule has 0 aromatic heterocycles. The predicted octanol–water partition coefficient (Wildman–Crippen LogP) is 4.02. The summed E-state index contributed by atoms with van der Waals surface area (Å²) in [7, 11) is 0. The fourth-order valence-corrected chi connectivity index (χ4v) is 2.25. The number of aromatic hydroxyl groups is 1. The highest BCUT2D eigenvalue weighted by Crippen LogP contribution is 2.29. The van der Waals surface area contributed by atoms with E-state index in [1.807, 2.05) is 50.2 Å². The minimum atomic E-state index is -0.495. The van der Waals surface area contributed by atoms with Crippen LogP contribution in [0.1, 0.15) is 31.0 Å². The lowest BCUT2D eigenvalue weighted by Crippen LogP contribution is -2.32. The van der Waals surface area contributed by atoms with Crippen LogP contribution in [0.3, 0.4) is 0 Å². The third-order valence-electron chi connectivity index (χ3n) is 3.42. The van der Waals surface area contributed by atoms with E-state index in [2.05, 4.69) is 5.32 Å². The predicted molar refractivity (Wildman–Crippen MR) is 85.4 cm³/mol. The molecule has 0 saturated carbocycles. The van der Waals surface area contributed by atoms with Crippen molar-refractivity contribution in [2.45, 2.75) is 26.5 Å². The molecule has 116 valence electrons. The molecule has 1 amide bonds. The maximum Gasteiger partial charge on any atom is 0.407 e. The van der Waals surface area contributed by atoms with E-state index >= 15 is 0 Å². The number of hydrogen-bond donors (Lipinski definition) is 2. The van der Waals surface area contributed by atoms with Gasteiger partial charge in [-0.3, -0.25) is 0 Å². The van der Waals surface area contributed by atoms with Crippen LogP contribution in [0.25, 0.3) is 0 Å². The van der Waals surface area contributed by atoms with Crippen LogP contribution in [-0.4, -0.2) is 11.2 Å². The second-order valence-corrected chi connectivity index (χ2v) is 5.49. The van der Waals surface area contributed by atoms with Gasteiger partial charge in [0, 0.05) is 5.56 Å². The van der Waals surface area contributed by atoms with Crippen LogP contribution in [0, 0.1) is 5.92 Å². The van der Waals surface area contributed by atoms with Crippen LogP contribution in [0.2, 0.25) is 0 Å². The Hall–Kier alpha value is -2.49. The fourth-order valence-electron chi connectivity index (χ4n) is 2.25. The van der Waals surface area contributed by atoms with Gasteiger partial charge in [0.15, 0.2) is 0 Å². The van der Waals surface area contributed by atoms with E-state index in [-0.39, 0.29) is 24.3 Å². The Kier molecular flexibility index (Phi) is 5.42. The first kappa shape index (κ1) is 15.9. The second kappa shape index (κ2) is 7.50. The fraction of sp³-hybridized carbons (Fsp3) is 0.278. The van der Waals surface area contributed by atoms with Crippen LogP contribution in [0.5, 0.6) is 5.75 Å². The Morgan fingerprint density at radius 1 is 1.09 bits per heavy atom. The molecule has 2 aromatic carbocycles. The summed E-state index contributed by atoms with van der Waals surface area (Å²) in [5, 5.41) is 12.8. The first-order chi connectivity index (χ1) is 10.6. The average Bonchev–Trinajstić information content (AvgIpc) is 2.52. The van der Waals surface area contributed by atoms with Gasteiger partial charge in [0.2, 0.25) is 0 Å². The number of carbonyl (C=O) groups is 1. The Morgan fingerprint density at radius 3 is 2.36 bits per heavy atom. The SMILES string of the molecule is CC(C)[C@@H](NC(=O)OCc1ccccc1)c1ccccc1O. The molecule has 0 fully saturated rings. The Morgan fingerprint density at radius 2 is 1.73 bits per heavy atom. The molecule has 0 spiro atoms. The third-order valence-corrected chi connectivity index (χ3v) is 3.42. The zero-order valence-corrected chi connectivity index (χ0v) is 12.8. The van der Waals surface area contributed by atoms with Crippen molar-refractivity contribution in [2.75, 3.05) is 0 Å². The number of carbonyl (C=O) groups excluding carboxylic acids is 1. The molecule has 0 bridgehead atoms. The quantitative estimate of drug-likeness (QED) is 0.876. The van der Waals surface area contributed by atoms with Crippen LogP contribution >= 0.6 is 0 Å². The molecule has 0 unspecified atom stereocenters. The zero-order chi connectivity index (χ0) is 15.9. The number of ether oxygens (including phenoxy) is 1. The van der Waals surface area contributed by atoms with Crippen molar-refractivity contribution in [3.63, 3.8) is 0 Å². The summed E-state index contributed by atoms with van der Waals surface area (Å²) >= 11 is 0. The maximum absolute atomic E-state index is 12.0. The standard InChI is InChI=1S/C18H21NO3/c1-13(2)17(15-10-6-7-11-16(15)20)19-18(21)22-12-14-8-4-3-5-9-14/h3-11,13,17,20H,12H2,1-2H3,(H,19,21)/t17-/m1/s1. The lowest BCUT2D eigenvalue weighted by Gasteiger charge is -2.23. The molecule has 0 aliphatic heterocycles. The smallest absolute Gasteiger partial charge is 0.407 e. The molecule has 1 atom stereocenters. The number of phenolic OH excluding ortho intramolecular Hbond substituents is 1. The highest BCUT2D eigenvalue weighted by Gasteiger charge is 2.21. The number of amides is 1. The van der Waals surface area contributed by atoms with Gasteiger partial charge in [-0.1, -0.05) is 62.4 Å². The Bertz CT molecular complexity index is 611. The monoisotopic (exact) mass is 299 g/mol. The van der Waals surface area contributed by atoms with Crippen molar-refractivity contribution in [1.29, 1.82) is 0 Å². The van der Waals surface area contributed by atoms with Gasteiger partial charge < -0.3 is 15.2 Å². The normalized spacial score (nSPS) is 12.0. The third kappa shape index (κ3) is 4.25. The van der Waals surface area contributed by atoms with Crippen molar-refractivity contribution >= 4 is 6.09 Å². The van der Waals surface area contributed by atoms with E-state index in [0.29, 0.717) is 5.56 Å². The maximum atomic E-state index is 12.0. The van der Waals surface area contributed by atoms with E-state index < -0.39 is 6.09 Å². The highest BCUT2D eigenvalue weighted by molar-refractivity contribution is 5.68. The molecule has 0 aliphatic rings. The van der Waals surface area contributed by atoms with E-state index in [4.69, 9.17) is 4.74 Å². The Balaban J connectivity index is 1.99. The van der Waals surface area contributed by atoms with Crippen LogP contribution in [-0.2, 0) is 11.3 Å². The molecule has 22 heavy (non-hydrogen) atoms. The van der Waals surface area contributed by atoms with Gasteiger partial charge in [-0.2, -0.15) is 0 Å². The molecular formula is C18H21NO3. The summed E-state index contributed by atoms with van der Waals surface area (Å²) in [5.74, 6) is 0.294. The summed E-state index contributed by atoms with van der Waals surface area (Å²) in [5.41, 5.74) is 1.62. The van der Waals surface area contributed by atoms with Crippen molar-refractivity contribution in [3.8, 4) is 5.75 Å². The largest absolute Gasteiger partial charge is 0.508 e. The molecule has 0 saturated heterocycles. The van der Waals surface area contributed by atoms with Crippen molar-refractivity contribution in [1.82, 2.24) is 5.32 Å². The molecule has 4 nitrogen and oxygen atoms in total. The van der Waals surface area contributed by atoms with E-state index in [1.54, 1.807) is 18.2 Å². The first-order valence-electron chi connectivity index (χ1n) is 7.33. The molecule has 2 rings (SSSR count). The number of phenols is 1. The molecule has 2 aromatic rings. The number of benzene rings is 2. The minimum Gasteiger partial charge on any atom is -0.508 e. The van der Waals surface area contributed by atoms with Crippen LogP contribution in [0.15, 0.2) is 54.6 Å². The number of rotatable bonds is 5. The lowest BCUT2D eigenvalue weighted by atomic mass is 9.95. The molecule has 2 N–H and O–H groups in total. The summed E-state index contributed by atoms with van der Waals surface area (Å²) in [6.07, 6.45) is -0.495. The first-order valence-corrected chi connectivity index (χ1v) is 7.33. The van der Waals surface area contributed by atoms with Gasteiger partial charge in [0.25, 0.3) is 0 Å².